The molecule has 0 bridgehead atoms. The third-order valence-corrected chi connectivity index (χ3v) is 4.17. The number of nitro benzene ring substituents is 1. The van der Waals surface area contributed by atoms with Gasteiger partial charge >= 0.3 is 0 Å². The fourth-order valence-electron chi connectivity index (χ4n) is 2.74. The quantitative estimate of drug-likeness (QED) is 0.447. The molecule has 1 aliphatic rings. The molecule has 1 heterocycles. The molecule has 0 saturated heterocycles. The Morgan fingerprint density at radius 1 is 1.14 bits per heavy atom. The highest BCUT2D eigenvalue weighted by atomic mass is 16.6. The van der Waals surface area contributed by atoms with Crippen molar-refractivity contribution in [3.8, 4) is 5.75 Å². The van der Waals surface area contributed by atoms with E-state index in [-0.39, 0.29) is 41.2 Å². The third kappa shape index (κ3) is 3.40. The second-order valence-electron chi connectivity index (χ2n) is 5.91. The highest BCUT2D eigenvalue weighted by Gasteiger charge is 2.35. The molecular weight excluding hydrogens is 370 g/mol. The van der Waals surface area contributed by atoms with Gasteiger partial charge in [0.1, 0.15) is 0 Å². The number of amides is 3. The summed E-state index contributed by atoms with van der Waals surface area (Å²) in [6.07, 6.45) is 0. The van der Waals surface area contributed by atoms with E-state index in [1.807, 2.05) is 0 Å². The minimum absolute atomic E-state index is 0.0272. The standard InChI is InChI=1S/C18H15N3O7/c1-28-7-6-20-17(24)12-4-2-10(8-13(12)18(20)25)16(23)19-14-9-11(21(26)27)3-5-15(14)22/h2-5,8-9,22H,6-7H2,1H3,(H,19,23)/p-1. The first-order valence-electron chi connectivity index (χ1n) is 8.09. The first-order chi connectivity index (χ1) is 13.3. The fraction of sp³-hybridized carbons (Fsp3) is 0.167. The van der Waals surface area contributed by atoms with Gasteiger partial charge in [0.25, 0.3) is 23.4 Å². The summed E-state index contributed by atoms with van der Waals surface area (Å²) >= 11 is 0. The summed E-state index contributed by atoms with van der Waals surface area (Å²) in [5.74, 6) is -2.37. The summed E-state index contributed by atoms with van der Waals surface area (Å²) in [5.41, 5.74) is -0.353. The van der Waals surface area contributed by atoms with Gasteiger partial charge in [-0.25, -0.2) is 0 Å². The van der Waals surface area contributed by atoms with Crippen LogP contribution in [0.3, 0.4) is 0 Å². The van der Waals surface area contributed by atoms with E-state index in [9.17, 15) is 29.6 Å². The molecule has 0 spiro atoms. The summed E-state index contributed by atoms with van der Waals surface area (Å²) in [7, 11) is 1.44. The zero-order valence-corrected chi connectivity index (χ0v) is 14.6. The Kier molecular flexibility index (Phi) is 5.05. The van der Waals surface area contributed by atoms with Gasteiger partial charge in [0.2, 0.25) is 0 Å². The Bertz CT molecular complexity index is 1000. The lowest BCUT2D eigenvalue weighted by atomic mass is 10.1. The fourth-order valence-corrected chi connectivity index (χ4v) is 2.74. The molecule has 10 nitrogen and oxygen atoms in total. The molecule has 0 unspecified atom stereocenters. The number of anilines is 1. The number of methoxy groups -OCH3 is 1. The largest absolute Gasteiger partial charge is 0.871 e. The van der Waals surface area contributed by atoms with Gasteiger partial charge in [0, 0.05) is 30.5 Å². The number of benzene rings is 2. The Morgan fingerprint density at radius 2 is 1.86 bits per heavy atom. The third-order valence-electron chi connectivity index (χ3n) is 4.17. The van der Waals surface area contributed by atoms with Crippen molar-refractivity contribution in [1.82, 2.24) is 4.90 Å². The molecular formula is C18H14N3O7-. The molecule has 0 atom stereocenters. The molecule has 0 saturated carbocycles. The Hall–Kier alpha value is -3.79. The molecule has 28 heavy (non-hydrogen) atoms. The maximum absolute atomic E-state index is 12.4. The molecule has 3 rings (SSSR count). The number of carbonyl (C=O) groups is 3. The number of fused-ring (bicyclic) bond motifs is 1. The van der Waals surface area contributed by atoms with E-state index in [0.29, 0.717) is 0 Å². The van der Waals surface area contributed by atoms with Crippen LogP contribution in [0.4, 0.5) is 11.4 Å². The molecule has 1 N–H and O–H groups in total. The lowest BCUT2D eigenvalue weighted by Gasteiger charge is -2.14. The molecule has 0 fully saturated rings. The van der Waals surface area contributed by atoms with Crippen molar-refractivity contribution < 1.29 is 29.2 Å². The number of hydrogen-bond donors (Lipinski definition) is 1. The number of imide groups is 1. The average Bonchev–Trinajstić information content (AvgIpc) is 2.91. The predicted octanol–water partition coefficient (Wildman–Crippen LogP) is 1.16. The van der Waals surface area contributed by atoms with Crippen LogP contribution in [0.25, 0.3) is 0 Å². The summed E-state index contributed by atoms with van der Waals surface area (Å²) in [5, 5.41) is 25.0. The molecule has 0 aromatic heterocycles. The van der Waals surface area contributed by atoms with Crippen LogP contribution in [0.1, 0.15) is 31.1 Å². The van der Waals surface area contributed by atoms with E-state index in [4.69, 9.17) is 4.74 Å². The molecule has 2 aromatic carbocycles. The zero-order chi connectivity index (χ0) is 20.4. The van der Waals surface area contributed by atoms with Gasteiger partial charge in [-0.3, -0.25) is 29.4 Å². The van der Waals surface area contributed by atoms with Crippen LogP contribution in [0.5, 0.6) is 5.75 Å². The minimum atomic E-state index is -0.740. The van der Waals surface area contributed by atoms with E-state index in [2.05, 4.69) is 5.32 Å². The molecule has 0 aliphatic carbocycles. The molecule has 0 radical (unpaired) electrons. The number of nitrogens with zero attached hydrogens (tertiary/aromatic N) is 2. The maximum atomic E-state index is 12.4. The van der Waals surface area contributed by atoms with Crippen molar-refractivity contribution in [3.63, 3.8) is 0 Å². The zero-order valence-electron chi connectivity index (χ0n) is 14.6. The lowest BCUT2D eigenvalue weighted by molar-refractivity contribution is -0.385. The van der Waals surface area contributed by atoms with Gasteiger partial charge in [0.15, 0.2) is 0 Å². The van der Waals surface area contributed by atoms with Crippen LogP contribution < -0.4 is 10.4 Å². The van der Waals surface area contributed by atoms with E-state index in [0.717, 1.165) is 23.1 Å². The number of non-ortho nitro benzene ring substituents is 1. The summed E-state index contributed by atoms with van der Waals surface area (Å²) in [4.78, 5) is 48.3. The van der Waals surface area contributed by atoms with Crippen LogP contribution in [-0.2, 0) is 4.74 Å². The van der Waals surface area contributed by atoms with Crippen molar-refractivity contribution in [2.75, 3.05) is 25.6 Å². The van der Waals surface area contributed by atoms with Crippen molar-refractivity contribution in [1.29, 1.82) is 0 Å². The molecule has 1 aliphatic heterocycles. The van der Waals surface area contributed by atoms with Crippen molar-refractivity contribution in [2.45, 2.75) is 0 Å². The molecule has 3 amide bonds. The topological polar surface area (TPSA) is 142 Å². The average molecular weight is 384 g/mol. The van der Waals surface area contributed by atoms with Crippen molar-refractivity contribution >= 4 is 29.1 Å². The van der Waals surface area contributed by atoms with E-state index in [1.165, 1.54) is 25.3 Å². The first-order valence-corrected chi connectivity index (χ1v) is 8.09. The smallest absolute Gasteiger partial charge is 0.271 e. The minimum Gasteiger partial charge on any atom is -0.871 e. The molecule has 10 heteroatoms. The van der Waals surface area contributed by atoms with Gasteiger partial charge in [-0.1, -0.05) is 11.8 Å². The highest BCUT2D eigenvalue weighted by molar-refractivity contribution is 6.22. The van der Waals surface area contributed by atoms with Gasteiger partial charge in [-0.2, -0.15) is 0 Å². The lowest BCUT2D eigenvalue weighted by Crippen LogP contribution is -2.32. The van der Waals surface area contributed by atoms with Gasteiger partial charge in [-0.05, 0) is 18.2 Å². The van der Waals surface area contributed by atoms with E-state index in [1.54, 1.807) is 0 Å². The second kappa shape index (κ2) is 7.45. The predicted molar refractivity (Wildman–Crippen MR) is 94.2 cm³/mol. The number of carbonyl (C=O) groups excluding carboxylic acids is 3. The van der Waals surface area contributed by atoms with Crippen LogP contribution in [0.2, 0.25) is 0 Å². The Labute approximate surface area is 158 Å². The summed E-state index contributed by atoms with van der Waals surface area (Å²) in [6, 6.07) is 6.90. The van der Waals surface area contributed by atoms with Gasteiger partial charge < -0.3 is 15.2 Å². The van der Waals surface area contributed by atoms with Gasteiger partial charge in [0.05, 0.1) is 29.2 Å². The van der Waals surface area contributed by atoms with E-state index < -0.39 is 28.4 Å². The van der Waals surface area contributed by atoms with Crippen LogP contribution in [0.15, 0.2) is 36.4 Å². The first kappa shape index (κ1) is 19.0. The number of nitrogens with one attached hydrogen (secondary N) is 1. The van der Waals surface area contributed by atoms with Crippen LogP contribution >= 0.6 is 0 Å². The second-order valence-corrected chi connectivity index (χ2v) is 5.91. The normalized spacial score (nSPS) is 12.8. The molecule has 2 aromatic rings. The van der Waals surface area contributed by atoms with Crippen LogP contribution in [-0.4, -0.2) is 47.8 Å². The number of ether oxygens (including phenoxy) is 1. The van der Waals surface area contributed by atoms with Crippen molar-refractivity contribution in [3.05, 3.63) is 63.2 Å². The molecule has 144 valence electrons. The highest BCUT2D eigenvalue weighted by Crippen LogP contribution is 2.27. The maximum Gasteiger partial charge on any atom is 0.271 e. The monoisotopic (exact) mass is 384 g/mol. The van der Waals surface area contributed by atoms with Gasteiger partial charge in [-0.15, -0.1) is 0 Å². The SMILES string of the molecule is COCCN1C(=O)c2ccc(C(=O)Nc3cc([N+](=O)[O-])ccc3[O-])cc2C1=O. The van der Waals surface area contributed by atoms with Crippen molar-refractivity contribution in [2.24, 2.45) is 0 Å². The Balaban J connectivity index is 1.85. The summed E-state index contributed by atoms with van der Waals surface area (Å²) in [6.45, 7) is 0.259. The Morgan fingerprint density at radius 3 is 2.54 bits per heavy atom. The number of hydrogen-bond acceptors (Lipinski definition) is 7. The number of nitro groups is 1. The number of rotatable bonds is 6. The summed E-state index contributed by atoms with van der Waals surface area (Å²) < 4.78 is 4.88. The van der Waals surface area contributed by atoms with Crippen LogP contribution in [0, 0.1) is 10.1 Å². The van der Waals surface area contributed by atoms with E-state index >= 15 is 0 Å².